The number of carbonyl (C=O) groups is 4. The van der Waals surface area contributed by atoms with E-state index in [0.717, 1.165) is 0 Å². The van der Waals surface area contributed by atoms with E-state index in [-0.39, 0.29) is 41.4 Å². The van der Waals surface area contributed by atoms with Crippen LogP contribution in [0.25, 0.3) is 0 Å². The van der Waals surface area contributed by atoms with Crippen LogP contribution in [0, 0.1) is 0 Å². The highest BCUT2D eigenvalue weighted by atomic mass is 35.5. The molecule has 1 aromatic rings. The molecular weight excluding hydrogens is 312 g/mol. The fourth-order valence-corrected chi connectivity index (χ4v) is 3.04. The van der Waals surface area contributed by atoms with E-state index in [1.165, 1.54) is 17.0 Å². The van der Waals surface area contributed by atoms with Crippen molar-refractivity contribution in [3.05, 3.63) is 33.8 Å². The van der Waals surface area contributed by atoms with Crippen LogP contribution in [-0.2, 0) is 16.1 Å². The average Bonchev–Trinajstić information content (AvgIpc) is 2.75. The van der Waals surface area contributed by atoms with Crippen LogP contribution in [0.2, 0.25) is 5.02 Å². The predicted molar refractivity (Wildman–Crippen MR) is 74.5 cm³/mol. The number of piperidine rings is 1. The van der Waals surface area contributed by atoms with Crippen molar-refractivity contribution in [1.29, 1.82) is 0 Å². The highest BCUT2D eigenvalue weighted by Gasteiger charge is 2.40. The minimum Gasteiger partial charge on any atom is -0.478 e. The van der Waals surface area contributed by atoms with Gasteiger partial charge in [0, 0.05) is 23.6 Å². The molecule has 3 amide bonds. The second-order valence-corrected chi connectivity index (χ2v) is 5.62. The number of halogens is 1. The third-order valence-electron chi connectivity index (χ3n) is 3.85. The number of benzene rings is 1. The first kappa shape index (κ1) is 14.5. The summed E-state index contributed by atoms with van der Waals surface area (Å²) >= 11 is 5.86. The number of hydrogen-bond donors (Lipinski definition) is 2. The standard InChI is InChI=1S/C14H11ClN2O5/c15-6-3-7-9(8(4-6)14(21)22)5-17(13(7)20)10-1-2-11(18)16-12(10)19/h3-4,10H,1-2,5H2,(H,21,22)(H,16,18,19). The van der Waals surface area contributed by atoms with Gasteiger partial charge in [-0.25, -0.2) is 4.79 Å². The molecule has 0 spiro atoms. The van der Waals surface area contributed by atoms with Crippen LogP contribution in [0.1, 0.15) is 39.1 Å². The maximum Gasteiger partial charge on any atom is 0.336 e. The Bertz CT molecular complexity index is 730. The molecule has 22 heavy (non-hydrogen) atoms. The van der Waals surface area contributed by atoms with E-state index in [1.54, 1.807) is 0 Å². The van der Waals surface area contributed by atoms with Gasteiger partial charge >= 0.3 is 5.97 Å². The maximum absolute atomic E-state index is 12.5. The van der Waals surface area contributed by atoms with Gasteiger partial charge in [0.1, 0.15) is 6.04 Å². The van der Waals surface area contributed by atoms with Gasteiger partial charge in [-0.3, -0.25) is 19.7 Å². The van der Waals surface area contributed by atoms with E-state index in [1.807, 2.05) is 0 Å². The molecule has 0 aliphatic carbocycles. The van der Waals surface area contributed by atoms with Crippen molar-refractivity contribution in [1.82, 2.24) is 10.2 Å². The van der Waals surface area contributed by atoms with Gasteiger partial charge in [-0.1, -0.05) is 11.6 Å². The molecule has 8 heteroatoms. The summed E-state index contributed by atoms with van der Waals surface area (Å²) in [4.78, 5) is 48.1. The summed E-state index contributed by atoms with van der Waals surface area (Å²) in [5.41, 5.74) is 0.479. The fraction of sp³-hybridized carbons (Fsp3) is 0.286. The number of hydrogen-bond acceptors (Lipinski definition) is 4. The lowest BCUT2D eigenvalue weighted by molar-refractivity contribution is -0.136. The van der Waals surface area contributed by atoms with Gasteiger partial charge in [0.15, 0.2) is 0 Å². The first-order chi connectivity index (χ1) is 10.4. The lowest BCUT2D eigenvalue weighted by Gasteiger charge is -2.29. The first-order valence-electron chi connectivity index (χ1n) is 6.59. The van der Waals surface area contributed by atoms with Crippen molar-refractivity contribution >= 4 is 35.3 Å². The van der Waals surface area contributed by atoms with Gasteiger partial charge in [-0.15, -0.1) is 0 Å². The van der Waals surface area contributed by atoms with Crippen LogP contribution in [0.3, 0.4) is 0 Å². The molecule has 7 nitrogen and oxygen atoms in total. The summed E-state index contributed by atoms with van der Waals surface area (Å²) in [7, 11) is 0. The van der Waals surface area contributed by atoms with E-state index < -0.39 is 23.8 Å². The second kappa shape index (κ2) is 5.10. The molecular formula is C14H11ClN2O5. The zero-order valence-electron chi connectivity index (χ0n) is 11.3. The second-order valence-electron chi connectivity index (χ2n) is 5.18. The number of carbonyl (C=O) groups excluding carboxylic acids is 3. The van der Waals surface area contributed by atoms with Gasteiger partial charge in [-0.2, -0.15) is 0 Å². The number of carboxylic acid groups (broad SMARTS) is 1. The van der Waals surface area contributed by atoms with Gasteiger partial charge in [0.25, 0.3) is 5.91 Å². The molecule has 3 rings (SSSR count). The zero-order chi connectivity index (χ0) is 16.0. The molecule has 2 heterocycles. The molecule has 0 aromatic heterocycles. The minimum atomic E-state index is -1.18. The van der Waals surface area contributed by atoms with E-state index >= 15 is 0 Å². The molecule has 1 unspecified atom stereocenters. The number of aromatic carboxylic acids is 1. The summed E-state index contributed by atoms with van der Waals surface area (Å²) in [5, 5.41) is 11.6. The Balaban J connectivity index is 1.98. The quantitative estimate of drug-likeness (QED) is 0.784. The van der Waals surface area contributed by atoms with Crippen molar-refractivity contribution in [2.75, 3.05) is 0 Å². The van der Waals surface area contributed by atoms with Gasteiger partial charge in [0.2, 0.25) is 11.8 Å². The molecule has 1 aromatic carbocycles. The van der Waals surface area contributed by atoms with Crippen molar-refractivity contribution in [3.8, 4) is 0 Å². The Morgan fingerprint density at radius 2 is 2.05 bits per heavy atom. The van der Waals surface area contributed by atoms with Gasteiger partial charge in [-0.05, 0) is 24.1 Å². The topological polar surface area (TPSA) is 104 Å². The van der Waals surface area contributed by atoms with Crippen molar-refractivity contribution in [3.63, 3.8) is 0 Å². The number of fused-ring (bicyclic) bond motifs is 1. The molecule has 1 atom stereocenters. The molecule has 1 fully saturated rings. The highest BCUT2D eigenvalue weighted by molar-refractivity contribution is 6.31. The number of imide groups is 1. The van der Waals surface area contributed by atoms with Gasteiger partial charge in [0.05, 0.1) is 5.56 Å². The normalized spacial score (nSPS) is 20.9. The monoisotopic (exact) mass is 322 g/mol. The Kier molecular flexibility index (Phi) is 3.37. The van der Waals surface area contributed by atoms with E-state index in [4.69, 9.17) is 11.6 Å². The van der Waals surface area contributed by atoms with Crippen molar-refractivity contribution in [2.24, 2.45) is 0 Å². The number of amides is 3. The third kappa shape index (κ3) is 2.23. The third-order valence-corrected chi connectivity index (χ3v) is 4.07. The number of carboxylic acids is 1. The van der Waals surface area contributed by atoms with Crippen LogP contribution in [0.5, 0.6) is 0 Å². The fourth-order valence-electron chi connectivity index (χ4n) is 2.82. The van der Waals surface area contributed by atoms with Crippen LogP contribution in [0.15, 0.2) is 12.1 Å². The maximum atomic E-state index is 12.5. The highest BCUT2D eigenvalue weighted by Crippen LogP contribution is 2.32. The van der Waals surface area contributed by atoms with E-state index in [9.17, 15) is 24.3 Å². The van der Waals surface area contributed by atoms with Crippen molar-refractivity contribution in [2.45, 2.75) is 25.4 Å². The number of nitrogens with one attached hydrogen (secondary N) is 1. The van der Waals surface area contributed by atoms with Crippen LogP contribution >= 0.6 is 11.6 Å². The number of nitrogens with zero attached hydrogens (tertiary/aromatic N) is 1. The molecule has 0 bridgehead atoms. The summed E-state index contributed by atoms with van der Waals surface area (Å²) in [6, 6.07) is 1.90. The van der Waals surface area contributed by atoms with Gasteiger partial charge < -0.3 is 10.0 Å². The van der Waals surface area contributed by atoms with Crippen LogP contribution < -0.4 is 5.32 Å². The molecule has 0 saturated carbocycles. The molecule has 2 N–H and O–H groups in total. The Morgan fingerprint density at radius 1 is 1.32 bits per heavy atom. The molecule has 114 valence electrons. The zero-order valence-corrected chi connectivity index (χ0v) is 12.0. The molecule has 0 radical (unpaired) electrons. The van der Waals surface area contributed by atoms with E-state index in [2.05, 4.69) is 5.32 Å². The van der Waals surface area contributed by atoms with Crippen LogP contribution in [0.4, 0.5) is 0 Å². The van der Waals surface area contributed by atoms with Crippen molar-refractivity contribution < 1.29 is 24.3 Å². The summed E-state index contributed by atoms with van der Waals surface area (Å²) < 4.78 is 0. The molecule has 2 aliphatic heterocycles. The summed E-state index contributed by atoms with van der Waals surface area (Å²) in [6.45, 7) is 0.0131. The SMILES string of the molecule is O=C1CCC(N2Cc3c(C(=O)O)cc(Cl)cc3C2=O)C(=O)N1. The molecule has 2 aliphatic rings. The Morgan fingerprint density at radius 3 is 2.68 bits per heavy atom. The van der Waals surface area contributed by atoms with E-state index in [0.29, 0.717) is 5.56 Å². The lowest BCUT2D eigenvalue weighted by atomic mass is 10.0. The predicted octanol–water partition coefficient (Wildman–Crippen LogP) is 0.799. The first-order valence-corrected chi connectivity index (χ1v) is 6.96. The van der Waals surface area contributed by atoms with Crippen LogP contribution in [-0.4, -0.2) is 39.7 Å². The largest absolute Gasteiger partial charge is 0.478 e. The minimum absolute atomic E-state index is 0.0131. The summed E-state index contributed by atoms with van der Waals surface area (Å²) in [6.07, 6.45) is 0.365. The average molecular weight is 323 g/mol. The number of rotatable bonds is 2. The molecule has 1 saturated heterocycles. The lowest BCUT2D eigenvalue weighted by Crippen LogP contribution is -2.52. The summed E-state index contributed by atoms with van der Waals surface area (Å²) in [5.74, 6) is -2.55. The Hall–Kier alpha value is -2.41. The smallest absolute Gasteiger partial charge is 0.336 e. The Labute approximate surface area is 129 Å².